The van der Waals surface area contributed by atoms with Gasteiger partial charge in [0.15, 0.2) is 5.96 Å². The Morgan fingerprint density at radius 1 is 1.25 bits per heavy atom. The van der Waals surface area contributed by atoms with E-state index >= 15 is 0 Å². The van der Waals surface area contributed by atoms with E-state index in [9.17, 15) is 0 Å². The van der Waals surface area contributed by atoms with Crippen LogP contribution in [0.15, 0.2) is 40.8 Å². The van der Waals surface area contributed by atoms with Crippen LogP contribution in [0.4, 0.5) is 0 Å². The predicted octanol–water partition coefficient (Wildman–Crippen LogP) is 3.82. The molecular weight excluding hydrogens is 537 g/mol. The summed E-state index contributed by atoms with van der Waals surface area (Å²) in [5, 5.41) is 9.10. The van der Waals surface area contributed by atoms with Gasteiger partial charge in [0.2, 0.25) is 5.88 Å². The van der Waals surface area contributed by atoms with Crippen molar-refractivity contribution in [2.24, 2.45) is 4.99 Å². The number of thiophene rings is 1. The smallest absolute Gasteiger partial charge is 0.218 e. The highest BCUT2D eigenvalue weighted by atomic mass is 127. The third-order valence-corrected chi connectivity index (χ3v) is 6.89. The molecule has 0 amide bonds. The molecule has 176 valence electrons. The van der Waals surface area contributed by atoms with Gasteiger partial charge < -0.3 is 20.1 Å². The Labute approximate surface area is 212 Å². The largest absolute Gasteiger partial charge is 0.474 e. The van der Waals surface area contributed by atoms with Gasteiger partial charge in [0.1, 0.15) is 6.10 Å². The molecule has 2 aromatic heterocycles. The number of guanidine groups is 1. The normalized spacial score (nSPS) is 18.7. The molecule has 2 aromatic rings. The molecule has 9 heteroatoms. The summed E-state index contributed by atoms with van der Waals surface area (Å²) in [6, 6.07) is 8.67. The first-order valence-electron chi connectivity index (χ1n) is 11.2. The molecule has 0 radical (unpaired) electrons. The molecule has 0 spiro atoms. The van der Waals surface area contributed by atoms with Crippen LogP contribution in [-0.2, 0) is 11.3 Å². The predicted molar refractivity (Wildman–Crippen MR) is 140 cm³/mol. The van der Waals surface area contributed by atoms with Gasteiger partial charge in [-0.05, 0) is 43.2 Å². The number of halogens is 1. The molecule has 7 nitrogen and oxygen atoms in total. The maximum absolute atomic E-state index is 6.17. The first kappa shape index (κ1) is 25.2. The second kappa shape index (κ2) is 13.3. The Balaban J connectivity index is 0.00000289. The zero-order valence-corrected chi connectivity index (χ0v) is 21.8. The van der Waals surface area contributed by atoms with Crippen molar-refractivity contribution in [3.8, 4) is 5.88 Å². The number of nitrogens with one attached hydrogen (secondary N) is 2. The lowest BCUT2D eigenvalue weighted by molar-refractivity contribution is 0.0177. The van der Waals surface area contributed by atoms with Gasteiger partial charge in [-0.1, -0.05) is 12.1 Å². The van der Waals surface area contributed by atoms with Crippen molar-refractivity contribution < 1.29 is 9.47 Å². The van der Waals surface area contributed by atoms with Crippen LogP contribution >= 0.6 is 35.3 Å². The number of rotatable bonds is 8. The first-order valence-corrected chi connectivity index (χ1v) is 12.1. The van der Waals surface area contributed by atoms with Crippen LogP contribution in [0.25, 0.3) is 0 Å². The van der Waals surface area contributed by atoms with E-state index in [0.717, 1.165) is 63.1 Å². The van der Waals surface area contributed by atoms with Gasteiger partial charge in [-0.3, -0.25) is 9.89 Å². The molecule has 1 saturated heterocycles. The van der Waals surface area contributed by atoms with E-state index in [-0.39, 0.29) is 24.0 Å². The molecule has 32 heavy (non-hydrogen) atoms. The van der Waals surface area contributed by atoms with Gasteiger partial charge in [0.25, 0.3) is 0 Å². The van der Waals surface area contributed by atoms with E-state index < -0.39 is 0 Å². The van der Waals surface area contributed by atoms with Crippen molar-refractivity contribution in [1.82, 2.24) is 20.5 Å². The fourth-order valence-electron chi connectivity index (χ4n) is 4.20. The van der Waals surface area contributed by atoms with Crippen LogP contribution in [0, 0.1) is 0 Å². The molecule has 2 N–H and O–H groups in total. The molecule has 3 heterocycles. The molecule has 1 aliphatic heterocycles. The van der Waals surface area contributed by atoms with Crippen LogP contribution < -0.4 is 15.4 Å². The Bertz CT molecular complexity index is 824. The number of aliphatic imine (C=N–C) groups is 1. The van der Waals surface area contributed by atoms with Gasteiger partial charge in [-0.25, -0.2) is 4.98 Å². The van der Waals surface area contributed by atoms with Crippen molar-refractivity contribution in [1.29, 1.82) is 0 Å². The minimum atomic E-state index is 0. The molecule has 2 fully saturated rings. The van der Waals surface area contributed by atoms with Gasteiger partial charge in [-0.15, -0.1) is 35.3 Å². The monoisotopic (exact) mass is 571 g/mol. The van der Waals surface area contributed by atoms with Gasteiger partial charge in [0.05, 0.1) is 19.3 Å². The Morgan fingerprint density at radius 2 is 2.06 bits per heavy atom. The number of morpholine rings is 1. The lowest BCUT2D eigenvalue weighted by atomic mass is 10.2. The fraction of sp³-hybridized carbons (Fsp3) is 0.565. The summed E-state index contributed by atoms with van der Waals surface area (Å²) >= 11 is 1.80. The maximum Gasteiger partial charge on any atom is 0.218 e. The molecule has 4 rings (SSSR count). The summed E-state index contributed by atoms with van der Waals surface area (Å²) in [5.41, 5.74) is 1.06. The SMILES string of the molecule is CN=C(NCc1cccnc1OC1CCCC1)NCC(c1cccs1)N1CCOCC1.I. The summed E-state index contributed by atoms with van der Waals surface area (Å²) in [4.78, 5) is 12.8. The Hall–Kier alpha value is -1.43. The summed E-state index contributed by atoms with van der Waals surface area (Å²) in [6.45, 7) is 4.90. The number of nitrogens with zero attached hydrogens (tertiary/aromatic N) is 3. The van der Waals surface area contributed by atoms with E-state index in [4.69, 9.17) is 9.47 Å². The lowest BCUT2D eigenvalue weighted by Crippen LogP contribution is -2.46. The standard InChI is InChI=1S/C23H33N5O2S.HI/c1-24-23(26-16-18-6-4-10-25-22(18)30-19-7-2-3-8-19)27-17-20(21-9-5-15-31-21)28-11-13-29-14-12-28;/h4-6,9-10,15,19-20H,2-3,7-8,11-14,16-17H2,1H3,(H2,24,26,27);1H. The van der Waals surface area contributed by atoms with E-state index in [2.05, 4.69) is 49.1 Å². The topological polar surface area (TPSA) is 71.0 Å². The second-order valence-corrected chi connectivity index (χ2v) is 8.96. The summed E-state index contributed by atoms with van der Waals surface area (Å²) in [7, 11) is 1.81. The van der Waals surface area contributed by atoms with Crippen molar-refractivity contribution in [3.63, 3.8) is 0 Å². The van der Waals surface area contributed by atoms with Gasteiger partial charge in [-0.2, -0.15) is 0 Å². The number of ether oxygens (including phenoxy) is 2. The van der Waals surface area contributed by atoms with E-state index in [1.54, 1.807) is 17.5 Å². The van der Waals surface area contributed by atoms with Crippen molar-refractivity contribution in [2.75, 3.05) is 39.9 Å². The molecule has 0 bridgehead atoms. The molecule has 1 atom stereocenters. The number of pyridine rings is 1. The van der Waals surface area contributed by atoms with E-state index in [1.807, 2.05) is 13.1 Å². The quantitative estimate of drug-likeness (QED) is 0.285. The average molecular weight is 572 g/mol. The second-order valence-electron chi connectivity index (χ2n) is 7.98. The summed E-state index contributed by atoms with van der Waals surface area (Å²) in [6.07, 6.45) is 6.84. The van der Waals surface area contributed by atoms with Crippen LogP contribution in [-0.4, -0.2) is 61.8 Å². The highest BCUT2D eigenvalue weighted by Crippen LogP contribution is 2.26. The summed E-state index contributed by atoms with van der Waals surface area (Å²) < 4.78 is 11.7. The van der Waals surface area contributed by atoms with Crippen LogP contribution in [0.1, 0.15) is 42.2 Å². The first-order chi connectivity index (χ1) is 15.3. The highest BCUT2D eigenvalue weighted by molar-refractivity contribution is 14.0. The van der Waals surface area contributed by atoms with Gasteiger partial charge in [0, 0.05) is 49.9 Å². The molecule has 1 saturated carbocycles. The molecule has 1 aliphatic carbocycles. The number of hydrogen-bond acceptors (Lipinski definition) is 6. The number of hydrogen-bond donors (Lipinski definition) is 2. The van der Waals surface area contributed by atoms with Crippen molar-refractivity contribution in [2.45, 2.75) is 44.4 Å². The molecule has 2 aliphatic rings. The zero-order chi connectivity index (χ0) is 21.3. The third kappa shape index (κ3) is 7.03. The third-order valence-electron chi connectivity index (χ3n) is 5.92. The van der Waals surface area contributed by atoms with E-state index in [0.29, 0.717) is 18.7 Å². The Morgan fingerprint density at radius 3 is 2.78 bits per heavy atom. The van der Waals surface area contributed by atoms with Crippen molar-refractivity contribution in [3.05, 3.63) is 46.3 Å². The number of aromatic nitrogens is 1. The molecule has 1 unspecified atom stereocenters. The molecule has 0 aromatic carbocycles. The lowest BCUT2D eigenvalue weighted by Gasteiger charge is -2.34. The van der Waals surface area contributed by atoms with Crippen molar-refractivity contribution >= 4 is 41.3 Å². The highest BCUT2D eigenvalue weighted by Gasteiger charge is 2.24. The minimum absolute atomic E-state index is 0. The van der Waals surface area contributed by atoms with Crippen LogP contribution in [0.3, 0.4) is 0 Å². The maximum atomic E-state index is 6.17. The molecular formula is C23H34IN5O2S. The average Bonchev–Trinajstić information content (AvgIpc) is 3.52. The van der Waals surface area contributed by atoms with Gasteiger partial charge >= 0.3 is 0 Å². The Kier molecular flexibility index (Phi) is 10.5. The zero-order valence-electron chi connectivity index (χ0n) is 18.7. The van der Waals surface area contributed by atoms with Crippen LogP contribution in [0.2, 0.25) is 0 Å². The minimum Gasteiger partial charge on any atom is -0.474 e. The fourth-order valence-corrected chi connectivity index (χ4v) is 5.06. The summed E-state index contributed by atoms with van der Waals surface area (Å²) in [5.74, 6) is 1.52. The van der Waals surface area contributed by atoms with Crippen LogP contribution in [0.5, 0.6) is 5.88 Å². The van der Waals surface area contributed by atoms with E-state index in [1.165, 1.54) is 17.7 Å².